The molecule has 27 heavy (non-hydrogen) atoms. The monoisotopic (exact) mass is 373 g/mol. The van der Waals surface area contributed by atoms with E-state index in [-0.39, 0.29) is 5.91 Å². The zero-order chi connectivity index (χ0) is 18.6. The van der Waals surface area contributed by atoms with E-state index in [0.29, 0.717) is 5.75 Å². The maximum absolute atomic E-state index is 12.4. The number of nitrogens with zero attached hydrogens (tertiary/aromatic N) is 2. The molecular formula is C22H19N3OS. The molecule has 0 spiro atoms. The van der Waals surface area contributed by atoms with Crippen LogP contribution in [0.5, 0.6) is 0 Å². The number of para-hydroxylation sites is 3. The number of aromatic nitrogens is 2. The minimum atomic E-state index is -0.0458. The van der Waals surface area contributed by atoms with Gasteiger partial charge in [-0.1, -0.05) is 59.8 Å². The van der Waals surface area contributed by atoms with Gasteiger partial charge in [0.15, 0.2) is 5.16 Å². The van der Waals surface area contributed by atoms with Crippen molar-refractivity contribution in [3.63, 3.8) is 0 Å². The Morgan fingerprint density at radius 2 is 1.67 bits per heavy atom. The summed E-state index contributed by atoms with van der Waals surface area (Å²) in [5.74, 6) is 0.250. The lowest BCUT2D eigenvalue weighted by molar-refractivity contribution is -0.113. The Kier molecular flexibility index (Phi) is 4.94. The van der Waals surface area contributed by atoms with E-state index in [1.54, 1.807) is 0 Å². The lowest BCUT2D eigenvalue weighted by Gasteiger charge is -2.09. The number of nitrogens with one attached hydrogen (secondary N) is 1. The van der Waals surface area contributed by atoms with Crippen LogP contribution in [0.15, 0.2) is 84.0 Å². The number of imidazole rings is 1. The van der Waals surface area contributed by atoms with Crippen molar-refractivity contribution >= 4 is 34.4 Å². The maximum Gasteiger partial charge on any atom is 0.234 e. The summed E-state index contributed by atoms with van der Waals surface area (Å²) in [6.07, 6.45) is 0. The molecule has 0 saturated heterocycles. The summed E-state index contributed by atoms with van der Waals surface area (Å²) >= 11 is 1.44. The molecule has 4 nitrogen and oxygen atoms in total. The van der Waals surface area contributed by atoms with Crippen LogP contribution in [0, 0.1) is 6.92 Å². The van der Waals surface area contributed by atoms with Gasteiger partial charge in [0.2, 0.25) is 5.91 Å². The minimum Gasteiger partial charge on any atom is -0.325 e. The highest BCUT2D eigenvalue weighted by Crippen LogP contribution is 2.28. The Balaban J connectivity index is 1.57. The first-order chi connectivity index (χ1) is 13.2. The molecular weight excluding hydrogens is 354 g/mol. The molecule has 134 valence electrons. The third-order valence-corrected chi connectivity index (χ3v) is 5.15. The maximum atomic E-state index is 12.4. The van der Waals surface area contributed by atoms with Crippen LogP contribution in [-0.2, 0) is 4.79 Å². The van der Waals surface area contributed by atoms with Crippen LogP contribution in [0.25, 0.3) is 16.7 Å². The second-order valence-electron chi connectivity index (χ2n) is 6.26. The number of anilines is 1. The summed E-state index contributed by atoms with van der Waals surface area (Å²) in [6.45, 7) is 2.02. The molecule has 0 aliphatic heterocycles. The van der Waals surface area contributed by atoms with Gasteiger partial charge in [-0.05, 0) is 43.3 Å². The minimum absolute atomic E-state index is 0.0458. The molecule has 4 rings (SSSR count). The van der Waals surface area contributed by atoms with E-state index in [4.69, 9.17) is 4.98 Å². The van der Waals surface area contributed by atoms with E-state index in [1.165, 1.54) is 17.3 Å². The lowest BCUT2D eigenvalue weighted by Crippen LogP contribution is -2.14. The molecule has 0 radical (unpaired) electrons. The molecule has 0 aliphatic carbocycles. The van der Waals surface area contributed by atoms with Crippen molar-refractivity contribution in [1.82, 2.24) is 9.55 Å². The van der Waals surface area contributed by atoms with Gasteiger partial charge in [0.25, 0.3) is 0 Å². The van der Waals surface area contributed by atoms with E-state index >= 15 is 0 Å². The number of hydrogen-bond acceptors (Lipinski definition) is 3. The molecule has 1 amide bonds. The average molecular weight is 373 g/mol. The number of hydrogen-bond donors (Lipinski definition) is 1. The smallest absolute Gasteiger partial charge is 0.234 e. The van der Waals surface area contributed by atoms with Crippen LogP contribution in [0.3, 0.4) is 0 Å². The molecule has 5 heteroatoms. The SMILES string of the molecule is Cc1ccc(NC(=O)CSc2nc3ccccc3n2-c2ccccc2)cc1. The average Bonchev–Trinajstić information content (AvgIpc) is 3.07. The summed E-state index contributed by atoms with van der Waals surface area (Å²) in [5, 5.41) is 3.74. The molecule has 0 bridgehead atoms. The molecule has 0 fully saturated rings. The fraction of sp³-hybridized carbons (Fsp3) is 0.0909. The molecule has 0 unspecified atom stereocenters. The van der Waals surface area contributed by atoms with Crippen molar-refractivity contribution in [2.45, 2.75) is 12.1 Å². The summed E-state index contributed by atoms with van der Waals surface area (Å²) < 4.78 is 2.10. The second kappa shape index (κ2) is 7.68. The van der Waals surface area contributed by atoms with Crippen molar-refractivity contribution < 1.29 is 4.79 Å². The Bertz CT molecular complexity index is 1070. The van der Waals surface area contributed by atoms with Crippen LogP contribution in [0.2, 0.25) is 0 Å². The quantitative estimate of drug-likeness (QED) is 0.497. The number of amides is 1. The van der Waals surface area contributed by atoms with Gasteiger partial charge in [0, 0.05) is 11.4 Å². The predicted molar refractivity (Wildman–Crippen MR) is 112 cm³/mol. The molecule has 4 aromatic rings. The number of rotatable bonds is 5. The molecule has 3 aromatic carbocycles. The zero-order valence-corrected chi connectivity index (χ0v) is 15.7. The summed E-state index contributed by atoms with van der Waals surface area (Å²) in [4.78, 5) is 17.1. The third kappa shape index (κ3) is 3.88. The molecule has 1 N–H and O–H groups in total. The molecule has 0 aliphatic rings. The number of thioether (sulfide) groups is 1. The summed E-state index contributed by atoms with van der Waals surface area (Å²) in [5.41, 5.74) is 4.96. The summed E-state index contributed by atoms with van der Waals surface area (Å²) in [7, 11) is 0. The number of fused-ring (bicyclic) bond motifs is 1. The van der Waals surface area contributed by atoms with Gasteiger partial charge in [-0.2, -0.15) is 0 Å². The normalized spacial score (nSPS) is 10.9. The van der Waals surface area contributed by atoms with Crippen LogP contribution in [-0.4, -0.2) is 21.2 Å². The van der Waals surface area contributed by atoms with Crippen molar-refractivity contribution in [3.8, 4) is 5.69 Å². The fourth-order valence-electron chi connectivity index (χ4n) is 2.89. The first-order valence-electron chi connectivity index (χ1n) is 8.73. The fourth-order valence-corrected chi connectivity index (χ4v) is 3.72. The van der Waals surface area contributed by atoms with Crippen molar-refractivity contribution in [3.05, 3.63) is 84.4 Å². The molecule has 1 heterocycles. The van der Waals surface area contributed by atoms with Gasteiger partial charge in [0.1, 0.15) is 0 Å². The largest absolute Gasteiger partial charge is 0.325 e. The van der Waals surface area contributed by atoms with E-state index in [0.717, 1.165) is 27.6 Å². The van der Waals surface area contributed by atoms with Crippen molar-refractivity contribution in [2.75, 3.05) is 11.1 Å². The first-order valence-corrected chi connectivity index (χ1v) is 9.71. The Morgan fingerprint density at radius 1 is 0.963 bits per heavy atom. The van der Waals surface area contributed by atoms with Gasteiger partial charge in [-0.3, -0.25) is 9.36 Å². The number of carbonyl (C=O) groups excluding carboxylic acids is 1. The summed E-state index contributed by atoms with van der Waals surface area (Å²) in [6, 6.07) is 25.9. The van der Waals surface area contributed by atoms with Crippen LogP contribution >= 0.6 is 11.8 Å². The van der Waals surface area contributed by atoms with Crippen LogP contribution in [0.4, 0.5) is 5.69 Å². The number of benzene rings is 3. The molecule has 0 atom stereocenters. The topological polar surface area (TPSA) is 46.9 Å². The van der Waals surface area contributed by atoms with E-state index in [1.807, 2.05) is 85.8 Å². The predicted octanol–water partition coefficient (Wildman–Crippen LogP) is 5.06. The molecule has 1 aromatic heterocycles. The Hall–Kier alpha value is -3.05. The van der Waals surface area contributed by atoms with Crippen molar-refractivity contribution in [1.29, 1.82) is 0 Å². The van der Waals surface area contributed by atoms with E-state index in [9.17, 15) is 4.79 Å². The van der Waals surface area contributed by atoms with E-state index < -0.39 is 0 Å². The number of carbonyl (C=O) groups is 1. The zero-order valence-electron chi connectivity index (χ0n) is 14.9. The van der Waals surface area contributed by atoms with Crippen molar-refractivity contribution in [2.24, 2.45) is 0 Å². The number of aryl methyl sites for hydroxylation is 1. The highest BCUT2D eigenvalue weighted by molar-refractivity contribution is 7.99. The highest BCUT2D eigenvalue weighted by Gasteiger charge is 2.14. The third-order valence-electron chi connectivity index (χ3n) is 4.21. The Labute approximate surface area is 162 Å². The van der Waals surface area contributed by atoms with Crippen LogP contribution < -0.4 is 5.32 Å². The first kappa shape index (κ1) is 17.4. The Morgan fingerprint density at radius 3 is 2.44 bits per heavy atom. The lowest BCUT2D eigenvalue weighted by atomic mass is 10.2. The highest BCUT2D eigenvalue weighted by atomic mass is 32.2. The second-order valence-corrected chi connectivity index (χ2v) is 7.20. The van der Waals surface area contributed by atoms with Gasteiger partial charge in [0.05, 0.1) is 16.8 Å². The van der Waals surface area contributed by atoms with Gasteiger partial charge >= 0.3 is 0 Å². The molecule has 0 saturated carbocycles. The van der Waals surface area contributed by atoms with Gasteiger partial charge in [-0.15, -0.1) is 0 Å². The van der Waals surface area contributed by atoms with E-state index in [2.05, 4.69) is 9.88 Å². The van der Waals surface area contributed by atoms with Crippen LogP contribution in [0.1, 0.15) is 5.56 Å². The standard InChI is InChI=1S/C22H19N3OS/c1-16-11-13-17(14-12-16)23-21(26)15-27-22-24-19-9-5-6-10-20(19)25(22)18-7-3-2-4-8-18/h2-14H,15H2,1H3,(H,23,26). The van der Waals surface area contributed by atoms with Gasteiger partial charge in [-0.25, -0.2) is 4.98 Å². The van der Waals surface area contributed by atoms with Gasteiger partial charge < -0.3 is 5.32 Å².